The number of nitrogens with two attached hydrogens (primary N) is 1. The summed E-state index contributed by atoms with van der Waals surface area (Å²) in [5.41, 5.74) is 8.23. The minimum atomic E-state index is -3.07. The lowest BCUT2D eigenvalue weighted by atomic mass is 9.98. The molecule has 1 saturated heterocycles. The molecule has 0 saturated carbocycles. The van der Waals surface area contributed by atoms with E-state index >= 15 is 0 Å². The molecule has 0 amide bonds. The quantitative estimate of drug-likeness (QED) is 0.361. The Morgan fingerprint density at radius 2 is 1.88 bits per heavy atom. The number of guanidine groups is 1. The molecule has 2 rings (SSSR count). The molecule has 1 fully saturated rings. The number of nitrogens with one attached hydrogen (secondary N) is 1. The number of halogens is 1. The van der Waals surface area contributed by atoms with Gasteiger partial charge in [0.2, 0.25) is 10.0 Å². The van der Waals surface area contributed by atoms with E-state index < -0.39 is 10.0 Å². The van der Waals surface area contributed by atoms with Crippen LogP contribution in [0, 0.1) is 5.92 Å². The molecular weight excluding hydrogens is 463 g/mol. The Morgan fingerprint density at radius 1 is 1.31 bits per heavy atom. The summed E-state index contributed by atoms with van der Waals surface area (Å²) < 4.78 is 24.6. The fourth-order valence-corrected chi connectivity index (χ4v) is 3.84. The van der Waals surface area contributed by atoms with E-state index in [1.807, 2.05) is 12.1 Å². The summed E-state index contributed by atoms with van der Waals surface area (Å²) in [6.07, 6.45) is 4.04. The van der Waals surface area contributed by atoms with E-state index in [0.29, 0.717) is 37.4 Å². The van der Waals surface area contributed by atoms with Crippen LogP contribution in [0.5, 0.6) is 0 Å². The number of aliphatic imine (C=N–C) groups is 1. The van der Waals surface area contributed by atoms with Gasteiger partial charge < -0.3 is 11.1 Å². The van der Waals surface area contributed by atoms with Crippen LogP contribution < -0.4 is 11.1 Å². The molecule has 0 bridgehead atoms. The van der Waals surface area contributed by atoms with Gasteiger partial charge in [0.15, 0.2) is 5.96 Å². The van der Waals surface area contributed by atoms with Gasteiger partial charge in [-0.15, -0.1) is 24.0 Å². The van der Waals surface area contributed by atoms with Crippen LogP contribution in [0.4, 0.5) is 5.69 Å². The van der Waals surface area contributed by atoms with Gasteiger partial charge in [0.1, 0.15) is 0 Å². The van der Waals surface area contributed by atoms with Gasteiger partial charge in [0.05, 0.1) is 6.26 Å². The number of rotatable bonds is 6. The standard InChI is InChI=1S/C18H30N4O2S.HI/c1-4-14(2)16-5-7-17(8-6-16)21-18(19)20-13-15-9-11-22(12-10-15)25(3,23)24;/h5-8,14-15H,4,9-13H2,1-3H3,(H3,19,20,21);1H. The predicted octanol–water partition coefficient (Wildman–Crippen LogP) is 3.22. The molecule has 1 aromatic rings. The van der Waals surface area contributed by atoms with Crippen molar-refractivity contribution in [2.75, 3.05) is 31.2 Å². The molecule has 1 aromatic carbocycles. The number of hydrogen-bond donors (Lipinski definition) is 2. The third-order valence-electron chi connectivity index (χ3n) is 4.93. The first-order valence-electron chi connectivity index (χ1n) is 8.91. The molecule has 8 heteroatoms. The average molecular weight is 494 g/mol. The summed E-state index contributed by atoms with van der Waals surface area (Å²) >= 11 is 0. The van der Waals surface area contributed by atoms with Crippen molar-refractivity contribution in [1.29, 1.82) is 0 Å². The predicted molar refractivity (Wildman–Crippen MR) is 120 cm³/mol. The molecule has 26 heavy (non-hydrogen) atoms. The third-order valence-corrected chi connectivity index (χ3v) is 6.23. The largest absolute Gasteiger partial charge is 0.370 e. The molecule has 6 nitrogen and oxygen atoms in total. The van der Waals surface area contributed by atoms with Crippen LogP contribution in [0.15, 0.2) is 29.3 Å². The van der Waals surface area contributed by atoms with E-state index in [0.717, 1.165) is 24.9 Å². The zero-order chi connectivity index (χ0) is 18.4. The Labute approximate surface area is 174 Å². The molecule has 0 aromatic heterocycles. The third kappa shape index (κ3) is 7.03. The van der Waals surface area contributed by atoms with Gasteiger partial charge in [0, 0.05) is 25.3 Å². The summed E-state index contributed by atoms with van der Waals surface area (Å²) in [4.78, 5) is 4.42. The Morgan fingerprint density at radius 3 is 2.38 bits per heavy atom. The molecule has 148 valence electrons. The van der Waals surface area contributed by atoms with E-state index in [4.69, 9.17) is 5.73 Å². The molecule has 1 unspecified atom stereocenters. The summed E-state index contributed by atoms with van der Waals surface area (Å²) in [5.74, 6) is 1.34. The maximum absolute atomic E-state index is 11.5. The van der Waals surface area contributed by atoms with Crippen LogP contribution in [0.3, 0.4) is 0 Å². The lowest BCUT2D eigenvalue weighted by Gasteiger charge is -2.29. The Hall–Kier alpha value is -0.870. The van der Waals surface area contributed by atoms with Gasteiger partial charge in [0.25, 0.3) is 0 Å². The van der Waals surface area contributed by atoms with E-state index in [2.05, 4.69) is 36.3 Å². The lowest BCUT2D eigenvalue weighted by molar-refractivity contribution is 0.280. The zero-order valence-electron chi connectivity index (χ0n) is 15.8. The van der Waals surface area contributed by atoms with Crippen molar-refractivity contribution in [3.8, 4) is 0 Å². The molecule has 1 atom stereocenters. The second kappa shape index (κ2) is 10.5. The zero-order valence-corrected chi connectivity index (χ0v) is 19.0. The fourth-order valence-electron chi connectivity index (χ4n) is 2.97. The minimum absolute atomic E-state index is 0. The van der Waals surface area contributed by atoms with E-state index in [9.17, 15) is 8.42 Å². The van der Waals surface area contributed by atoms with Crippen molar-refractivity contribution in [1.82, 2.24) is 4.31 Å². The summed E-state index contributed by atoms with van der Waals surface area (Å²) in [6.45, 7) is 6.17. The summed E-state index contributed by atoms with van der Waals surface area (Å²) in [6, 6.07) is 8.28. The second-order valence-electron chi connectivity index (χ2n) is 6.89. The number of anilines is 1. The first-order valence-corrected chi connectivity index (χ1v) is 10.8. The first kappa shape index (κ1) is 23.2. The van der Waals surface area contributed by atoms with Crippen molar-refractivity contribution in [2.45, 2.75) is 39.0 Å². The number of sulfonamides is 1. The molecule has 0 radical (unpaired) electrons. The molecular formula is C18H31IN4O2S. The van der Waals surface area contributed by atoms with Crippen molar-refractivity contribution < 1.29 is 8.42 Å². The van der Waals surface area contributed by atoms with E-state index in [1.165, 1.54) is 16.1 Å². The Balaban J connectivity index is 0.00000338. The normalized spacial score (nSPS) is 18.2. The number of hydrogen-bond acceptors (Lipinski definition) is 3. The Kier molecular flexibility index (Phi) is 9.32. The van der Waals surface area contributed by atoms with Gasteiger partial charge >= 0.3 is 0 Å². The van der Waals surface area contributed by atoms with Crippen LogP contribution in [0.25, 0.3) is 0 Å². The fraction of sp³-hybridized carbons (Fsp3) is 0.611. The number of nitrogens with zero attached hydrogens (tertiary/aromatic N) is 2. The van der Waals surface area contributed by atoms with Crippen molar-refractivity contribution in [3.05, 3.63) is 29.8 Å². The first-order chi connectivity index (χ1) is 11.8. The van der Waals surface area contributed by atoms with Gasteiger partial charge in [-0.25, -0.2) is 12.7 Å². The summed E-state index contributed by atoms with van der Waals surface area (Å²) in [7, 11) is -3.07. The van der Waals surface area contributed by atoms with Crippen LogP contribution in [-0.4, -0.2) is 44.6 Å². The monoisotopic (exact) mass is 494 g/mol. The van der Waals surface area contributed by atoms with Crippen LogP contribution in [0.1, 0.15) is 44.6 Å². The molecule has 0 spiro atoms. The number of piperidine rings is 1. The van der Waals surface area contributed by atoms with Crippen molar-refractivity contribution >= 4 is 45.6 Å². The smallest absolute Gasteiger partial charge is 0.211 e. The molecule has 1 aliphatic heterocycles. The highest BCUT2D eigenvalue weighted by Gasteiger charge is 2.24. The highest BCUT2D eigenvalue weighted by Crippen LogP contribution is 2.21. The second-order valence-corrected chi connectivity index (χ2v) is 8.87. The SMILES string of the molecule is CCC(C)c1ccc(NC(N)=NCC2CCN(S(C)(=O)=O)CC2)cc1.I. The van der Waals surface area contributed by atoms with E-state index in [1.54, 1.807) is 0 Å². The number of benzene rings is 1. The minimum Gasteiger partial charge on any atom is -0.370 e. The molecule has 1 heterocycles. The average Bonchev–Trinajstić information content (AvgIpc) is 2.59. The molecule has 0 aliphatic carbocycles. The van der Waals surface area contributed by atoms with Gasteiger partial charge in [-0.2, -0.15) is 0 Å². The topological polar surface area (TPSA) is 87.8 Å². The van der Waals surface area contributed by atoms with E-state index in [-0.39, 0.29) is 24.0 Å². The van der Waals surface area contributed by atoms with Crippen LogP contribution >= 0.6 is 24.0 Å². The van der Waals surface area contributed by atoms with Crippen molar-refractivity contribution in [2.24, 2.45) is 16.6 Å². The van der Waals surface area contributed by atoms with Crippen LogP contribution in [-0.2, 0) is 10.0 Å². The Bertz CT molecular complexity index is 684. The maximum Gasteiger partial charge on any atom is 0.211 e. The van der Waals surface area contributed by atoms with Gasteiger partial charge in [-0.3, -0.25) is 4.99 Å². The summed E-state index contributed by atoms with van der Waals surface area (Å²) in [5, 5.41) is 3.12. The maximum atomic E-state index is 11.5. The van der Waals surface area contributed by atoms with Crippen molar-refractivity contribution in [3.63, 3.8) is 0 Å². The highest BCUT2D eigenvalue weighted by molar-refractivity contribution is 14.0. The van der Waals surface area contributed by atoms with Gasteiger partial charge in [-0.1, -0.05) is 26.0 Å². The van der Waals surface area contributed by atoms with Gasteiger partial charge in [-0.05, 0) is 48.8 Å². The molecule has 1 aliphatic rings. The molecule has 3 N–H and O–H groups in total. The highest BCUT2D eigenvalue weighted by atomic mass is 127. The lowest BCUT2D eigenvalue weighted by Crippen LogP contribution is -2.38. The van der Waals surface area contributed by atoms with Crippen LogP contribution in [0.2, 0.25) is 0 Å².